The maximum atomic E-state index is 3.62. The number of hydrogen-bond acceptors (Lipinski definition) is 3. The van der Waals surface area contributed by atoms with E-state index in [1.54, 1.807) is 0 Å². The Kier molecular flexibility index (Phi) is 4.22. The van der Waals surface area contributed by atoms with Crippen LogP contribution in [0.4, 0.5) is 0 Å². The van der Waals surface area contributed by atoms with E-state index in [2.05, 4.69) is 29.0 Å². The van der Waals surface area contributed by atoms with Crippen LogP contribution in [0.2, 0.25) is 0 Å². The molecule has 16 heavy (non-hydrogen) atoms. The van der Waals surface area contributed by atoms with Crippen molar-refractivity contribution < 1.29 is 0 Å². The van der Waals surface area contributed by atoms with Crippen molar-refractivity contribution >= 4 is 0 Å². The van der Waals surface area contributed by atoms with E-state index in [4.69, 9.17) is 0 Å². The predicted octanol–water partition coefficient (Wildman–Crippen LogP) is 1.16. The van der Waals surface area contributed by atoms with Gasteiger partial charge in [0.05, 0.1) is 0 Å². The van der Waals surface area contributed by atoms with E-state index >= 15 is 0 Å². The Bertz CT molecular complexity index is 209. The first-order chi connectivity index (χ1) is 7.66. The summed E-state index contributed by atoms with van der Waals surface area (Å²) < 4.78 is 0. The highest BCUT2D eigenvalue weighted by Crippen LogP contribution is 2.11. The zero-order valence-electron chi connectivity index (χ0n) is 11.0. The molecule has 0 spiro atoms. The number of rotatable bonds is 3. The van der Waals surface area contributed by atoms with Gasteiger partial charge in [-0.1, -0.05) is 0 Å². The maximum Gasteiger partial charge on any atom is 0.0252 e. The molecule has 3 nitrogen and oxygen atoms in total. The molecule has 0 bridgehead atoms. The molecule has 0 saturated carbocycles. The Hall–Kier alpha value is -0.120. The summed E-state index contributed by atoms with van der Waals surface area (Å²) >= 11 is 0. The van der Waals surface area contributed by atoms with Crippen molar-refractivity contribution in [3.8, 4) is 0 Å². The molecule has 2 heterocycles. The van der Waals surface area contributed by atoms with Crippen LogP contribution in [0.5, 0.6) is 0 Å². The monoisotopic (exact) mass is 225 g/mol. The second kappa shape index (κ2) is 5.48. The molecule has 0 aromatic carbocycles. The van der Waals surface area contributed by atoms with Crippen molar-refractivity contribution in [1.82, 2.24) is 15.1 Å². The van der Waals surface area contributed by atoms with E-state index in [1.807, 2.05) is 0 Å². The summed E-state index contributed by atoms with van der Waals surface area (Å²) in [5.74, 6) is 0. The fraction of sp³-hybridized carbons (Fsp3) is 1.00. The van der Waals surface area contributed by atoms with Crippen LogP contribution in [-0.4, -0.2) is 61.2 Å². The summed E-state index contributed by atoms with van der Waals surface area (Å²) in [5, 5.41) is 3.62. The van der Waals surface area contributed by atoms with Crippen molar-refractivity contribution in [2.24, 2.45) is 0 Å². The van der Waals surface area contributed by atoms with Gasteiger partial charge in [-0.2, -0.15) is 0 Å². The van der Waals surface area contributed by atoms with Crippen LogP contribution >= 0.6 is 0 Å². The van der Waals surface area contributed by atoms with E-state index in [0.717, 1.165) is 0 Å². The quantitative estimate of drug-likeness (QED) is 0.777. The second-order valence-electron chi connectivity index (χ2n) is 5.99. The minimum absolute atomic E-state index is 0.293. The van der Waals surface area contributed by atoms with E-state index in [9.17, 15) is 0 Å². The molecule has 0 amide bonds. The van der Waals surface area contributed by atoms with Crippen LogP contribution in [-0.2, 0) is 0 Å². The topological polar surface area (TPSA) is 18.5 Å². The van der Waals surface area contributed by atoms with Crippen molar-refractivity contribution in [2.45, 2.75) is 38.6 Å². The molecule has 0 aromatic heterocycles. The summed E-state index contributed by atoms with van der Waals surface area (Å²) in [6.45, 7) is 13.5. The summed E-state index contributed by atoms with van der Waals surface area (Å²) in [5.41, 5.74) is 0.293. The molecule has 0 unspecified atom stereocenters. The Labute approximate surface area is 100 Å². The van der Waals surface area contributed by atoms with Crippen LogP contribution in [0, 0.1) is 0 Å². The third kappa shape index (κ3) is 3.72. The highest BCUT2D eigenvalue weighted by molar-refractivity contribution is 4.85. The largest absolute Gasteiger partial charge is 0.310 e. The normalized spacial score (nSPS) is 28.1. The molecule has 2 rings (SSSR count). The van der Waals surface area contributed by atoms with Crippen molar-refractivity contribution in [3.05, 3.63) is 0 Å². The lowest BCUT2D eigenvalue weighted by atomic mass is 10.1. The zero-order valence-corrected chi connectivity index (χ0v) is 11.0. The highest BCUT2D eigenvalue weighted by atomic mass is 15.2. The van der Waals surface area contributed by atoms with Gasteiger partial charge in [-0.25, -0.2) is 0 Å². The molecule has 2 fully saturated rings. The van der Waals surface area contributed by atoms with Crippen LogP contribution in [0.3, 0.4) is 0 Å². The van der Waals surface area contributed by atoms with Crippen LogP contribution < -0.4 is 5.32 Å². The predicted molar refractivity (Wildman–Crippen MR) is 68.8 cm³/mol. The van der Waals surface area contributed by atoms with Gasteiger partial charge in [-0.05, 0) is 59.3 Å². The van der Waals surface area contributed by atoms with E-state index in [1.165, 1.54) is 65.1 Å². The minimum atomic E-state index is 0.293. The molecule has 0 aliphatic carbocycles. The molecule has 2 aliphatic heterocycles. The average molecular weight is 225 g/mol. The maximum absolute atomic E-state index is 3.62. The average Bonchev–Trinajstić information content (AvgIpc) is 2.67. The van der Waals surface area contributed by atoms with Crippen LogP contribution in [0.1, 0.15) is 33.1 Å². The third-order valence-electron chi connectivity index (χ3n) is 3.80. The number of nitrogens with zero attached hydrogens (tertiary/aromatic N) is 2. The molecule has 1 N–H and O–H groups in total. The molecule has 3 heteroatoms. The molecular formula is C13H27N3. The Balaban J connectivity index is 1.74. The van der Waals surface area contributed by atoms with Crippen molar-refractivity contribution in [1.29, 1.82) is 0 Å². The van der Waals surface area contributed by atoms with Gasteiger partial charge in [0.15, 0.2) is 0 Å². The molecule has 0 aromatic rings. The first-order valence-corrected chi connectivity index (χ1v) is 6.85. The van der Waals surface area contributed by atoms with Gasteiger partial charge < -0.3 is 15.1 Å². The van der Waals surface area contributed by atoms with Gasteiger partial charge in [0.1, 0.15) is 0 Å². The Morgan fingerprint density at radius 2 is 1.56 bits per heavy atom. The fourth-order valence-corrected chi connectivity index (χ4v) is 2.90. The lowest BCUT2D eigenvalue weighted by Crippen LogP contribution is -2.47. The van der Waals surface area contributed by atoms with Crippen LogP contribution in [0.25, 0.3) is 0 Å². The molecule has 94 valence electrons. The number of nitrogens with one attached hydrogen (secondary N) is 1. The number of hydrogen-bond donors (Lipinski definition) is 1. The second-order valence-corrected chi connectivity index (χ2v) is 5.99. The van der Waals surface area contributed by atoms with Gasteiger partial charge in [0.25, 0.3) is 0 Å². The van der Waals surface area contributed by atoms with E-state index in [-0.39, 0.29) is 0 Å². The standard InChI is InChI=1S/C13H27N3/c1-13(2)12-16(9-5-6-14-13)11-10-15-7-3-4-8-15/h14H,3-12H2,1-2H3. The summed E-state index contributed by atoms with van der Waals surface area (Å²) in [6, 6.07) is 0. The molecule has 0 radical (unpaired) electrons. The highest BCUT2D eigenvalue weighted by Gasteiger charge is 2.24. The molecule has 2 saturated heterocycles. The van der Waals surface area contributed by atoms with Gasteiger partial charge in [0.2, 0.25) is 0 Å². The Morgan fingerprint density at radius 3 is 2.31 bits per heavy atom. The van der Waals surface area contributed by atoms with E-state index < -0.39 is 0 Å². The molecular weight excluding hydrogens is 198 g/mol. The first-order valence-electron chi connectivity index (χ1n) is 6.85. The van der Waals surface area contributed by atoms with E-state index in [0.29, 0.717) is 5.54 Å². The molecule has 2 aliphatic rings. The Morgan fingerprint density at radius 1 is 0.938 bits per heavy atom. The third-order valence-corrected chi connectivity index (χ3v) is 3.80. The lowest BCUT2D eigenvalue weighted by molar-refractivity contribution is 0.200. The van der Waals surface area contributed by atoms with Crippen molar-refractivity contribution in [2.75, 3.05) is 45.8 Å². The lowest BCUT2D eigenvalue weighted by Gasteiger charge is -2.31. The van der Waals surface area contributed by atoms with Gasteiger partial charge in [0, 0.05) is 25.2 Å². The summed E-state index contributed by atoms with van der Waals surface area (Å²) in [4.78, 5) is 5.25. The van der Waals surface area contributed by atoms with Crippen LogP contribution in [0.15, 0.2) is 0 Å². The molecule has 0 atom stereocenters. The smallest absolute Gasteiger partial charge is 0.0252 e. The SMILES string of the molecule is CC1(C)CN(CCN2CCCC2)CCCN1. The van der Waals surface area contributed by atoms with Gasteiger partial charge >= 0.3 is 0 Å². The van der Waals surface area contributed by atoms with Crippen molar-refractivity contribution in [3.63, 3.8) is 0 Å². The summed E-state index contributed by atoms with van der Waals surface area (Å²) in [7, 11) is 0. The summed E-state index contributed by atoms with van der Waals surface area (Å²) in [6.07, 6.45) is 4.11. The fourth-order valence-electron chi connectivity index (χ4n) is 2.90. The number of likely N-dealkylation sites (tertiary alicyclic amines) is 1. The first kappa shape index (κ1) is 12.3. The zero-order chi connectivity index (χ0) is 11.4. The van der Waals surface area contributed by atoms with Gasteiger partial charge in [-0.15, -0.1) is 0 Å². The minimum Gasteiger partial charge on any atom is -0.310 e. The van der Waals surface area contributed by atoms with Gasteiger partial charge in [-0.3, -0.25) is 0 Å².